The van der Waals surface area contributed by atoms with Gasteiger partial charge in [0.05, 0.1) is 15.1 Å². The number of halogens is 3. The molecule has 0 aliphatic carbocycles. The van der Waals surface area contributed by atoms with Gasteiger partial charge in [0.2, 0.25) is 0 Å². The lowest BCUT2D eigenvalue weighted by molar-refractivity contribution is -0.122. The van der Waals surface area contributed by atoms with Crippen molar-refractivity contribution in [3.8, 4) is 0 Å². The van der Waals surface area contributed by atoms with Gasteiger partial charge in [0, 0.05) is 40.2 Å². The molecule has 0 radical (unpaired) electrons. The SMILES string of the molecule is CCN1C(=O)/C(=C/c2cc(Br)c(I)o2)SC1=Nc1ccc(Cl)cc1. The van der Waals surface area contributed by atoms with Gasteiger partial charge in [-0.1, -0.05) is 11.6 Å². The highest BCUT2D eigenvalue weighted by Gasteiger charge is 2.32. The van der Waals surface area contributed by atoms with E-state index in [9.17, 15) is 4.79 Å². The molecular weight excluding hydrogens is 527 g/mol. The van der Waals surface area contributed by atoms with Crippen LogP contribution >= 0.6 is 61.9 Å². The predicted molar refractivity (Wildman–Crippen MR) is 111 cm³/mol. The summed E-state index contributed by atoms with van der Waals surface area (Å²) in [5.41, 5.74) is 0.754. The van der Waals surface area contributed by atoms with E-state index < -0.39 is 0 Å². The number of aliphatic imine (C=N–C) groups is 1. The summed E-state index contributed by atoms with van der Waals surface area (Å²) in [6, 6.07) is 9.03. The minimum atomic E-state index is -0.0715. The number of benzene rings is 1. The van der Waals surface area contributed by atoms with E-state index in [4.69, 9.17) is 16.0 Å². The molecule has 1 amide bonds. The fraction of sp³-hybridized carbons (Fsp3) is 0.125. The van der Waals surface area contributed by atoms with Gasteiger partial charge in [-0.15, -0.1) is 0 Å². The van der Waals surface area contributed by atoms with Crippen molar-refractivity contribution >= 4 is 84.7 Å². The molecule has 4 nitrogen and oxygen atoms in total. The standard InChI is InChI=1S/C16H11BrClIN2O2S/c1-2-21-15(22)13(8-11-7-12(17)14(19)23-11)24-16(21)20-10-5-3-9(18)4-6-10/h3-8H,2H2,1H3/b13-8-,20-16?. The molecule has 124 valence electrons. The maximum atomic E-state index is 12.6. The number of hydrogen-bond acceptors (Lipinski definition) is 4. The van der Waals surface area contributed by atoms with Crippen LogP contribution in [0.3, 0.4) is 0 Å². The average molecular weight is 538 g/mol. The summed E-state index contributed by atoms with van der Waals surface area (Å²) < 4.78 is 7.20. The van der Waals surface area contributed by atoms with Gasteiger partial charge in [-0.05, 0) is 64.9 Å². The van der Waals surface area contributed by atoms with Crippen LogP contribution in [-0.2, 0) is 4.79 Å². The van der Waals surface area contributed by atoms with Crippen molar-refractivity contribution in [2.45, 2.75) is 6.92 Å². The Morgan fingerprint density at radius 2 is 2.12 bits per heavy atom. The van der Waals surface area contributed by atoms with Crippen LogP contribution in [0.25, 0.3) is 6.08 Å². The Hall–Kier alpha value is -0.770. The number of amides is 1. The summed E-state index contributed by atoms with van der Waals surface area (Å²) in [7, 11) is 0. The van der Waals surface area contributed by atoms with E-state index in [1.54, 1.807) is 23.1 Å². The number of likely N-dealkylation sites (N-methyl/N-ethyl adjacent to an activating group) is 1. The van der Waals surface area contributed by atoms with Gasteiger partial charge in [0.1, 0.15) is 5.76 Å². The zero-order chi connectivity index (χ0) is 17.3. The van der Waals surface area contributed by atoms with Gasteiger partial charge in [-0.25, -0.2) is 4.99 Å². The third-order valence-electron chi connectivity index (χ3n) is 3.19. The molecule has 2 aromatic rings. The zero-order valence-corrected chi connectivity index (χ0v) is 17.7. The first-order chi connectivity index (χ1) is 11.5. The number of nitrogens with zero attached hydrogens (tertiary/aromatic N) is 2. The van der Waals surface area contributed by atoms with Crippen LogP contribution in [0, 0.1) is 3.77 Å². The summed E-state index contributed by atoms with van der Waals surface area (Å²) >= 11 is 12.7. The molecule has 0 N–H and O–H groups in total. The molecule has 1 fully saturated rings. The van der Waals surface area contributed by atoms with E-state index in [1.165, 1.54) is 11.8 Å². The van der Waals surface area contributed by atoms with Crippen LogP contribution in [0.15, 0.2) is 49.1 Å². The first-order valence-corrected chi connectivity index (χ1v) is 10.0. The van der Waals surface area contributed by atoms with E-state index in [0.29, 0.717) is 27.4 Å². The summed E-state index contributed by atoms with van der Waals surface area (Å²) in [5, 5.41) is 1.30. The van der Waals surface area contributed by atoms with Gasteiger partial charge >= 0.3 is 0 Å². The Bertz CT molecular complexity index is 829. The predicted octanol–water partition coefficient (Wildman–Crippen LogP) is 5.92. The van der Waals surface area contributed by atoms with E-state index in [-0.39, 0.29) is 5.91 Å². The molecule has 3 rings (SSSR count). The summed E-state index contributed by atoms with van der Waals surface area (Å²) in [4.78, 5) is 19.4. The Balaban J connectivity index is 1.92. The van der Waals surface area contributed by atoms with Crippen LogP contribution in [-0.4, -0.2) is 22.5 Å². The molecule has 2 heterocycles. The monoisotopic (exact) mass is 536 g/mol. The molecule has 1 saturated heterocycles. The van der Waals surface area contributed by atoms with Crippen molar-refractivity contribution in [1.29, 1.82) is 0 Å². The lowest BCUT2D eigenvalue weighted by Gasteiger charge is -2.11. The van der Waals surface area contributed by atoms with Crippen molar-refractivity contribution in [1.82, 2.24) is 4.90 Å². The Morgan fingerprint density at radius 1 is 1.42 bits per heavy atom. The molecule has 1 aromatic carbocycles. The molecule has 24 heavy (non-hydrogen) atoms. The average Bonchev–Trinajstić information content (AvgIpc) is 3.01. The molecular formula is C16H11BrClIN2O2S. The quantitative estimate of drug-likeness (QED) is 0.361. The largest absolute Gasteiger partial charge is 0.450 e. The molecule has 0 spiro atoms. The van der Waals surface area contributed by atoms with Gasteiger partial charge in [-0.3, -0.25) is 9.69 Å². The van der Waals surface area contributed by atoms with Gasteiger partial charge in [-0.2, -0.15) is 0 Å². The first kappa shape index (κ1) is 18.0. The molecule has 0 saturated carbocycles. The van der Waals surface area contributed by atoms with Crippen LogP contribution in [0.5, 0.6) is 0 Å². The van der Waals surface area contributed by atoms with Crippen molar-refractivity contribution in [2.24, 2.45) is 4.99 Å². The molecule has 1 aromatic heterocycles. The third-order valence-corrected chi connectivity index (χ3v) is 6.58. The fourth-order valence-electron chi connectivity index (χ4n) is 2.06. The highest BCUT2D eigenvalue weighted by molar-refractivity contribution is 14.1. The van der Waals surface area contributed by atoms with E-state index in [2.05, 4.69) is 43.5 Å². The molecule has 0 bridgehead atoms. The molecule has 1 aliphatic rings. The van der Waals surface area contributed by atoms with Crippen molar-refractivity contribution in [3.63, 3.8) is 0 Å². The lowest BCUT2D eigenvalue weighted by Crippen LogP contribution is -2.28. The normalized spacial score (nSPS) is 18.2. The minimum absolute atomic E-state index is 0.0715. The molecule has 1 aliphatic heterocycles. The second-order valence-corrected chi connectivity index (χ2v) is 8.08. The zero-order valence-electron chi connectivity index (χ0n) is 12.4. The highest BCUT2D eigenvalue weighted by Crippen LogP contribution is 2.35. The smallest absolute Gasteiger partial charge is 0.266 e. The van der Waals surface area contributed by atoms with Crippen molar-refractivity contribution in [3.05, 3.63) is 54.3 Å². The molecule has 0 atom stereocenters. The maximum Gasteiger partial charge on any atom is 0.266 e. The minimum Gasteiger partial charge on any atom is -0.450 e. The summed E-state index contributed by atoms with van der Waals surface area (Å²) in [5.74, 6) is 0.559. The van der Waals surface area contributed by atoms with E-state index in [0.717, 1.165) is 13.9 Å². The Kier molecular flexibility index (Phi) is 5.74. The number of amidine groups is 1. The molecule has 0 unspecified atom stereocenters. The van der Waals surface area contributed by atoms with Gasteiger partial charge in [0.25, 0.3) is 5.91 Å². The molecule has 8 heteroatoms. The second kappa shape index (κ2) is 7.63. The van der Waals surface area contributed by atoms with Gasteiger partial charge in [0.15, 0.2) is 8.93 Å². The Labute approximate surface area is 170 Å². The number of rotatable bonds is 3. The number of hydrogen-bond donors (Lipinski definition) is 0. The van der Waals surface area contributed by atoms with Crippen molar-refractivity contribution in [2.75, 3.05) is 6.54 Å². The van der Waals surface area contributed by atoms with Gasteiger partial charge < -0.3 is 4.42 Å². The van der Waals surface area contributed by atoms with E-state index in [1.807, 2.05) is 25.1 Å². The van der Waals surface area contributed by atoms with Crippen LogP contribution in [0.4, 0.5) is 5.69 Å². The summed E-state index contributed by atoms with van der Waals surface area (Å²) in [6.07, 6.45) is 1.74. The first-order valence-electron chi connectivity index (χ1n) is 6.98. The number of furan rings is 1. The highest BCUT2D eigenvalue weighted by atomic mass is 127. The second-order valence-electron chi connectivity index (χ2n) is 4.80. The van der Waals surface area contributed by atoms with Crippen LogP contribution in [0.1, 0.15) is 12.7 Å². The lowest BCUT2D eigenvalue weighted by atomic mass is 10.3. The summed E-state index contributed by atoms with van der Waals surface area (Å²) in [6.45, 7) is 2.47. The topological polar surface area (TPSA) is 45.8 Å². The van der Waals surface area contributed by atoms with Crippen LogP contribution < -0.4 is 0 Å². The maximum absolute atomic E-state index is 12.6. The third kappa shape index (κ3) is 3.89. The number of carbonyl (C=O) groups is 1. The number of thioether (sulfide) groups is 1. The fourth-order valence-corrected chi connectivity index (χ4v) is 3.94. The van der Waals surface area contributed by atoms with E-state index >= 15 is 0 Å². The Morgan fingerprint density at radius 3 is 2.71 bits per heavy atom. The van der Waals surface area contributed by atoms with Crippen LogP contribution in [0.2, 0.25) is 5.02 Å². The van der Waals surface area contributed by atoms with Crippen molar-refractivity contribution < 1.29 is 9.21 Å². The number of carbonyl (C=O) groups excluding carboxylic acids is 1.